The number of thiazole rings is 1. The second-order valence-electron chi connectivity index (χ2n) is 8.75. The molecule has 4 aromatic rings. The minimum atomic E-state index is -3.74. The molecule has 9 heteroatoms. The molecule has 186 valence electrons. The summed E-state index contributed by atoms with van der Waals surface area (Å²) < 4.78 is 36.5. The van der Waals surface area contributed by atoms with E-state index in [-0.39, 0.29) is 4.90 Å². The van der Waals surface area contributed by atoms with Gasteiger partial charge in [-0.05, 0) is 73.4 Å². The van der Waals surface area contributed by atoms with Gasteiger partial charge in [0.25, 0.3) is 15.9 Å². The van der Waals surface area contributed by atoms with E-state index >= 15 is 0 Å². The van der Waals surface area contributed by atoms with E-state index in [1.54, 1.807) is 7.11 Å². The van der Waals surface area contributed by atoms with Crippen LogP contribution in [0.5, 0.6) is 0 Å². The summed E-state index contributed by atoms with van der Waals surface area (Å²) in [6.45, 7) is 3.52. The number of methoxy groups -OCH3 is 1. The second-order valence-corrected chi connectivity index (χ2v) is 11.6. The molecule has 7 nitrogen and oxygen atoms in total. The molecule has 36 heavy (non-hydrogen) atoms. The van der Waals surface area contributed by atoms with Crippen LogP contribution in [0.15, 0.2) is 76.6 Å². The Morgan fingerprint density at radius 3 is 2.64 bits per heavy atom. The highest BCUT2D eigenvalue weighted by atomic mass is 32.2. The van der Waals surface area contributed by atoms with Crippen molar-refractivity contribution in [3.63, 3.8) is 0 Å². The highest BCUT2D eigenvalue weighted by molar-refractivity contribution is 7.92. The second kappa shape index (κ2) is 10.0. The zero-order valence-electron chi connectivity index (χ0n) is 20.2. The number of para-hydroxylation sites is 1. The molecule has 0 saturated heterocycles. The molecule has 2 heterocycles. The maximum atomic E-state index is 13.4. The van der Waals surface area contributed by atoms with E-state index in [0.717, 1.165) is 39.9 Å². The van der Waals surface area contributed by atoms with Crippen LogP contribution in [0.1, 0.15) is 27.9 Å². The van der Waals surface area contributed by atoms with Gasteiger partial charge < -0.3 is 9.30 Å². The number of rotatable bonds is 6. The van der Waals surface area contributed by atoms with Gasteiger partial charge in [0.05, 0.1) is 27.4 Å². The summed E-state index contributed by atoms with van der Waals surface area (Å²) >= 11 is 1.45. The van der Waals surface area contributed by atoms with Crippen LogP contribution in [0.3, 0.4) is 0 Å². The Bertz CT molecular complexity index is 1600. The molecule has 0 bridgehead atoms. The molecule has 1 aromatic heterocycles. The molecule has 3 aromatic carbocycles. The van der Waals surface area contributed by atoms with E-state index < -0.39 is 15.9 Å². The summed E-state index contributed by atoms with van der Waals surface area (Å²) in [4.78, 5) is 18.2. The molecule has 0 unspecified atom stereocenters. The standard InChI is InChI=1S/C27H27N3O4S2/c1-19-9-14-24-25(18-19)35-27(29(24)16-17-34-2)28-26(31)21-10-12-22(13-11-21)36(32,33)30-15-5-7-20-6-3-4-8-23(20)30/h3-4,6,8-14,18H,5,7,15-17H2,1-2H3. The van der Waals surface area contributed by atoms with Crippen LogP contribution < -0.4 is 9.11 Å². The summed E-state index contributed by atoms with van der Waals surface area (Å²) in [5.41, 5.74) is 4.21. The number of benzene rings is 3. The third kappa shape index (κ3) is 4.61. The quantitative estimate of drug-likeness (QED) is 0.373. The molecule has 0 aliphatic carbocycles. The smallest absolute Gasteiger partial charge is 0.279 e. The van der Waals surface area contributed by atoms with E-state index in [9.17, 15) is 13.2 Å². The molecule has 1 aliphatic heterocycles. The summed E-state index contributed by atoms with van der Waals surface area (Å²) in [7, 11) is -2.10. The molecule has 1 aliphatic rings. The predicted octanol–water partition coefficient (Wildman–Crippen LogP) is 4.54. The molecule has 1 amide bonds. The lowest BCUT2D eigenvalue weighted by Gasteiger charge is -2.30. The normalized spacial score (nSPS) is 14.3. The third-order valence-corrected chi connectivity index (χ3v) is 9.18. The van der Waals surface area contributed by atoms with E-state index in [1.807, 2.05) is 47.9 Å². The largest absolute Gasteiger partial charge is 0.383 e. The third-order valence-electron chi connectivity index (χ3n) is 6.31. The highest BCUT2D eigenvalue weighted by Crippen LogP contribution is 2.31. The number of ether oxygens (including phenoxy) is 1. The van der Waals surface area contributed by atoms with E-state index in [4.69, 9.17) is 4.74 Å². The van der Waals surface area contributed by atoms with Crippen molar-refractivity contribution in [2.75, 3.05) is 24.6 Å². The highest BCUT2D eigenvalue weighted by Gasteiger charge is 2.29. The molecule has 0 atom stereocenters. The van der Waals surface area contributed by atoms with Crippen LogP contribution in [0.4, 0.5) is 5.69 Å². The zero-order chi connectivity index (χ0) is 25.3. The van der Waals surface area contributed by atoms with Crippen molar-refractivity contribution >= 4 is 43.2 Å². The molecule has 0 N–H and O–H groups in total. The van der Waals surface area contributed by atoms with Crippen molar-refractivity contribution in [1.82, 2.24) is 4.57 Å². The monoisotopic (exact) mass is 521 g/mol. The Morgan fingerprint density at radius 2 is 1.86 bits per heavy atom. The number of anilines is 1. The fraction of sp³-hybridized carbons (Fsp3) is 0.259. The Hall–Kier alpha value is -3.27. The number of hydrogen-bond donors (Lipinski definition) is 0. The van der Waals surface area contributed by atoms with Crippen molar-refractivity contribution < 1.29 is 17.9 Å². The molecule has 0 spiro atoms. The predicted molar refractivity (Wildman–Crippen MR) is 142 cm³/mol. The van der Waals surface area contributed by atoms with Gasteiger partial charge in [-0.15, -0.1) is 0 Å². The van der Waals surface area contributed by atoms with E-state index in [2.05, 4.69) is 11.1 Å². The first-order valence-electron chi connectivity index (χ1n) is 11.8. The molecule has 0 fully saturated rings. The van der Waals surface area contributed by atoms with Gasteiger partial charge >= 0.3 is 0 Å². The minimum Gasteiger partial charge on any atom is -0.383 e. The van der Waals surface area contributed by atoms with Crippen molar-refractivity contribution in [3.8, 4) is 0 Å². The van der Waals surface area contributed by atoms with Gasteiger partial charge in [0, 0.05) is 25.8 Å². The van der Waals surface area contributed by atoms with Gasteiger partial charge in [-0.3, -0.25) is 9.10 Å². The first-order chi connectivity index (χ1) is 17.4. The SMILES string of the molecule is COCCn1c(=NC(=O)c2ccc(S(=O)(=O)N3CCCc4ccccc43)cc2)sc2cc(C)ccc21. The minimum absolute atomic E-state index is 0.156. The Labute approximate surface area is 214 Å². The van der Waals surface area contributed by atoms with Crippen LogP contribution in [-0.4, -0.2) is 39.2 Å². The number of carbonyl (C=O) groups is 1. The number of sulfonamides is 1. The Balaban J connectivity index is 1.46. The van der Waals surface area contributed by atoms with Gasteiger partial charge in [-0.1, -0.05) is 35.6 Å². The number of aryl methyl sites for hydroxylation is 2. The van der Waals surface area contributed by atoms with E-state index in [1.165, 1.54) is 39.9 Å². The Kier molecular flexibility index (Phi) is 6.79. The van der Waals surface area contributed by atoms with Gasteiger partial charge in [-0.25, -0.2) is 8.42 Å². The van der Waals surface area contributed by atoms with Crippen LogP contribution in [0, 0.1) is 6.92 Å². The number of aromatic nitrogens is 1. The first kappa shape index (κ1) is 24.4. The van der Waals surface area contributed by atoms with Gasteiger partial charge in [0.1, 0.15) is 0 Å². The summed E-state index contributed by atoms with van der Waals surface area (Å²) in [6, 6.07) is 19.8. The number of amides is 1. The summed E-state index contributed by atoms with van der Waals surface area (Å²) in [6.07, 6.45) is 1.63. The van der Waals surface area contributed by atoms with Crippen LogP contribution in [0.2, 0.25) is 0 Å². The summed E-state index contributed by atoms with van der Waals surface area (Å²) in [5, 5.41) is 0. The maximum absolute atomic E-state index is 13.4. The molecule has 0 saturated carbocycles. The number of fused-ring (bicyclic) bond motifs is 2. The van der Waals surface area contributed by atoms with E-state index in [0.29, 0.717) is 30.1 Å². The van der Waals surface area contributed by atoms with Crippen LogP contribution in [0.25, 0.3) is 10.2 Å². The maximum Gasteiger partial charge on any atom is 0.279 e. The molecular weight excluding hydrogens is 494 g/mol. The van der Waals surface area contributed by atoms with Gasteiger partial charge in [0.15, 0.2) is 4.80 Å². The Morgan fingerprint density at radius 1 is 1.08 bits per heavy atom. The fourth-order valence-electron chi connectivity index (χ4n) is 4.46. The molecular formula is C27H27N3O4S2. The number of hydrogen-bond acceptors (Lipinski definition) is 5. The van der Waals surface area contributed by atoms with Crippen molar-refractivity contribution in [1.29, 1.82) is 0 Å². The molecule has 5 rings (SSSR count). The fourth-order valence-corrected chi connectivity index (χ4v) is 7.16. The average molecular weight is 522 g/mol. The first-order valence-corrected chi connectivity index (χ1v) is 14.0. The zero-order valence-corrected chi connectivity index (χ0v) is 21.8. The van der Waals surface area contributed by atoms with Crippen LogP contribution >= 0.6 is 11.3 Å². The summed E-state index contributed by atoms with van der Waals surface area (Å²) in [5.74, 6) is -0.420. The topological polar surface area (TPSA) is 81.0 Å². The van der Waals surface area contributed by atoms with Crippen molar-refractivity contribution in [2.24, 2.45) is 4.99 Å². The van der Waals surface area contributed by atoms with Gasteiger partial charge in [-0.2, -0.15) is 4.99 Å². The lowest BCUT2D eigenvalue weighted by atomic mass is 10.0. The van der Waals surface area contributed by atoms with Crippen LogP contribution in [-0.2, 0) is 27.7 Å². The average Bonchev–Trinajstić information content (AvgIpc) is 3.22. The van der Waals surface area contributed by atoms with Crippen molar-refractivity contribution in [3.05, 3.63) is 88.2 Å². The van der Waals surface area contributed by atoms with Gasteiger partial charge in [0.2, 0.25) is 0 Å². The van der Waals surface area contributed by atoms with Crippen molar-refractivity contribution in [2.45, 2.75) is 31.2 Å². The lowest BCUT2D eigenvalue weighted by molar-refractivity contribution is 0.0997. The lowest BCUT2D eigenvalue weighted by Crippen LogP contribution is -2.35. The molecule has 0 radical (unpaired) electrons. The number of carbonyl (C=O) groups excluding carboxylic acids is 1. The number of nitrogens with zero attached hydrogens (tertiary/aromatic N) is 3.